The van der Waals surface area contributed by atoms with Gasteiger partial charge in [-0.15, -0.1) is 11.3 Å². The van der Waals surface area contributed by atoms with Crippen LogP contribution in [0, 0.1) is 6.92 Å². The summed E-state index contributed by atoms with van der Waals surface area (Å²) in [7, 11) is 0. The number of thiazole rings is 1. The minimum Gasteiger partial charge on any atom is -0.487 e. The Labute approximate surface area is 181 Å². The first-order valence-corrected chi connectivity index (χ1v) is 10.8. The third kappa shape index (κ3) is 5.28. The van der Waals surface area contributed by atoms with Crippen LogP contribution in [0.2, 0.25) is 0 Å². The van der Waals surface area contributed by atoms with Crippen LogP contribution in [0.1, 0.15) is 17.0 Å². The van der Waals surface area contributed by atoms with Gasteiger partial charge in [-0.05, 0) is 43.3 Å². The lowest BCUT2D eigenvalue weighted by Crippen LogP contribution is -1.99. The third-order valence-electron chi connectivity index (χ3n) is 4.10. The van der Waals surface area contributed by atoms with Gasteiger partial charge < -0.3 is 14.3 Å². The number of aromatic nitrogens is 2. The minimum absolute atomic E-state index is 0.0581. The van der Waals surface area contributed by atoms with Crippen molar-refractivity contribution in [3.63, 3.8) is 0 Å². The molecule has 1 N–H and O–H groups in total. The van der Waals surface area contributed by atoms with Crippen LogP contribution in [0.5, 0.6) is 5.75 Å². The maximum atomic E-state index is 10.8. The third-order valence-corrected chi connectivity index (χ3v) is 6.09. The summed E-state index contributed by atoms with van der Waals surface area (Å²) >= 11 is 2.93. The molecule has 152 valence electrons. The number of rotatable bonds is 8. The van der Waals surface area contributed by atoms with Crippen molar-refractivity contribution in [3.8, 4) is 17.2 Å². The lowest BCUT2D eigenvalue weighted by molar-refractivity contribution is -0.136. The van der Waals surface area contributed by atoms with Crippen molar-refractivity contribution in [2.75, 3.05) is 0 Å². The summed E-state index contributed by atoms with van der Waals surface area (Å²) in [5.41, 5.74) is 3.39. The number of benzene rings is 2. The molecular formula is C22H18N2O4S2. The van der Waals surface area contributed by atoms with E-state index in [1.54, 1.807) is 11.6 Å². The predicted molar refractivity (Wildman–Crippen MR) is 115 cm³/mol. The van der Waals surface area contributed by atoms with E-state index in [9.17, 15) is 4.79 Å². The molecule has 0 bridgehead atoms. The summed E-state index contributed by atoms with van der Waals surface area (Å²) in [6.07, 6.45) is 1.55. The van der Waals surface area contributed by atoms with Gasteiger partial charge in [0.25, 0.3) is 0 Å². The van der Waals surface area contributed by atoms with Crippen LogP contribution in [0.3, 0.4) is 0 Å². The number of carboxylic acids is 1. The molecule has 0 aliphatic carbocycles. The molecule has 6 nitrogen and oxygen atoms in total. The van der Waals surface area contributed by atoms with E-state index in [2.05, 4.69) is 9.97 Å². The van der Waals surface area contributed by atoms with Gasteiger partial charge in [0.15, 0.2) is 4.34 Å². The van der Waals surface area contributed by atoms with Crippen LogP contribution in [0.25, 0.3) is 11.5 Å². The van der Waals surface area contributed by atoms with Crippen LogP contribution in [-0.2, 0) is 17.8 Å². The molecule has 0 aliphatic rings. The second kappa shape index (κ2) is 9.15. The van der Waals surface area contributed by atoms with E-state index in [0.29, 0.717) is 18.2 Å². The van der Waals surface area contributed by atoms with E-state index >= 15 is 0 Å². The summed E-state index contributed by atoms with van der Waals surface area (Å²) in [6, 6.07) is 15.7. The summed E-state index contributed by atoms with van der Waals surface area (Å²) in [5, 5.41) is 10.6. The van der Waals surface area contributed by atoms with E-state index in [4.69, 9.17) is 14.3 Å². The predicted octanol–water partition coefficient (Wildman–Crippen LogP) is 5.46. The van der Waals surface area contributed by atoms with Gasteiger partial charge in [-0.2, -0.15) is 0 Å². The summed E-state index contributed by atoms with van der Waals surface area (Å²) in [4.78, 5) is 20.6. The molecule has 2 heterocycles. The molecular weight excluding hydrogens is 420 g/mol. The Kier molecular flexibility index (Phi) is 6.15. The topological polar surface area (TPSA) is 85.5 Å². The number of carboxylic acid groups (broad SMARTS) is 1. The summed E-state index contributed by atoms with van der Waals surface area (Å²) < 4.78 is 12.2. The van der Waals surface area contributed by atoms with E-state index in [1.807, 2.05) is 55.5 Å². The van der Waals surface area contributed by atoms with Crippen LogP contribution in [0.15, 0.2) is 73.8 Å². The number of ether oxygens (including phenoxy) is 1. The van der Waals surface area contributed by atoms with Crippen LogP contribution in [-0.4, -0.2) is 21.0 Å². The standard InChI is InChI=1S/C22H18N2O4S2/c1-14-3-2-4-15(9-14)21-23-17(12-28-21)11-27-18-5-7-19(8-6-18)30-22-24-16(13-29-22)10-20(25)26/h2-9,12-13H,10-11H2,1H3,(H,25,26). The number of nitrogens with zero attached hydrogens (tertiary/aromatic N) is 2. The molecule has 8 heteroatoms. The first-order valence-electron chi connectivity index (χ1n) is 9.13. The minimum atomic E-state index is -0.878. The van der Waals surface area contributed by atoms with Crippen LogP contribution < -0.4 is 4.74 Å². The molecule has 4 aromatic rings. The van der Waals surface area contributed by atoms with Crippen molar-refractivity contribution < 1.29 is 19.1 Å². The molecule has 0 atom stereocenters. The average molecular weight is 439 g/mol. The molecule has 2 aromatic carbocycles. The molecule has 0 amide bonds. The fourth-order valence-electron chi connectivity index (χ4n) is 2.72. The van der Waals surface area contributed by atoms with Crippen molar-refractivity contribution in [1.29, 1.82) is 0 Å². The molecule has 0 saturated heterocycles. The van der Waals surface area contributed by atoms with Gasteiger partial charge >= 0.3 is 5.97 Å². The Hall–Kier alpha value is -3.10. The quantitative estimate of drug-likeness (QED) is 0.391. The van der Waals surface area contributed by atoms with Gasteiger partial charge in [0.05, 0.1) is 12.1 Å². The highest BCUT2D eigenvalue weighted by Gasteiger charge is 2.09. The van der Waals surface area contributed by atoms with Crippen LogP contribution >= 0.6 is 23.1 Å². The van der Waals surface area contributed by atoms with Gasteiger partial charge in [-0.1, -0.05) is 29.5 Å². The Morgan fingerprint density at radius 2 is 2.00 bits per heavy atom. The Morgan fingerprint density at radius 1 is 1.17 bits per heavy atom. The largest absolute Gasteiger partial charge is 0.487 e. The Bertz CT molecular complexity index is 1150. The van der Waals surface area contributed by atoms with Crippen molar-refractivity contribution in [2.24, 2.45) is 0 Å². The molecule has 2 aromatic heterocycles. The normalized spacial score (nSPS) is 10.8. The molecule has 0 saturated carbocycles. The Morgan fingerprint density at radius 3 is 2.77 bits per heavy atom. The first kappa shape index (κ1) is 20.2. The molecule has 0 aliphatic heterocycles. The average Bonchev–Trinajstić information content (AvgIpc) is 3.37. The van der Waals surface area contributed by atoms with Crippen molar-refractivity contribution in [1.82, 2.24) is 9.97 Å². The van der Waals surface area contributed by atoms with E-state index < -0.39 is 5.97 Å². The number of carbonyl (C=O) groups is 1. The number of oxazole rings is 1. The number of aryl methyl sites for hydroxylation is 1. The molecule has 0 spiro atoms. The maximum absolute atomic E-state index is 10.8. The lowest BCUT2D eigenvalue weighted by Gasteiger charge is -2.04. The van der Waals surface area contributed by atoms with Gasteiger partial charge in [0, 0.05) is 15.8 Å². The fraction of sp³-hybridized carbons (Fsp3) is 0.136. The highest BCUT2D eigenvalue weighted by atomic mass is 32.2. The van der Waals surface area contributed by atoms with Gasteiger partial charge in [-0.25, -0.2) is 9.97 Å². The smallest absolute Gasteiger partial charge is 0.309 e. The zero-order chi connectivity index (χ0) is 20.9. The number of hydrogen-bond acceptors (Lipinski definition) is 7. The lowest BCUT2D eigenvalue weighted by atomic mass is 10.1. The first-order chi connectivity index (χ1) is 14.5. The second-order valence-corrected chi connectivity index (χ2v) is 8.73. The summed E-state index contributed by atoms with van der Waals surface area (Å²) in [6.45, 7) is 2.34. The van der Waals surface area contributed by atoms with Gasteiger partial charge in [0.1, 0.15) is 24.3 Å². The number of hydrogen-bond donors (Lipinski definition) is 1. The monoisotopic (exact) mass is 438 g/mol. The van der Waals surface area contributed by atoms with Gasteiger partial charge in [-0.3, -0.25) is 4.79 Å². The molecule has 30 heavy (non-hydrogen) atoms. The van der Waals surface area contributed by atoms with E-state index in [0.717, 1.165) is 31.8 Å². The summed E-state index contributed by atoms with van der Waals surface area (Å²) in [5.74, 6) is 0.427. The second-order valence-electron chi connectivity index (χ2n) is 6.55. The SMILES string of the molecule is Cc1cccc(-c2nc(COc3ccc(Sc4nc(CC(=O)O)cs4)cc3)co2)c1. The molecule has 0 radical (unpaired) electrons. The zero-order valence-corrected chi connectivity index (χ0v) is 17.7. The Balaban J connectivity index is 1.33. The molecule has 0 fully saturated rings. The maximum Gasteiger partial charge on any atom is 0.309 e. The van der Waals surface area contributed by atoms with E-state index in [1.165, 1.54) is 23.1 Å². The molecule has 0 unspecified atom stereocenters. The molecule has 4 rings (SSSR count). The van der Waals surface area contributed by atoms with Crippen molar-refractivity contribution >= 4 is 29.1 Å². The highest BCUT2D eigenvalue weighted by Crippen LogP contribution is 2.31. The van der Waals surface area contributed by atoms with Crippen LogP contribution in [0.4, 0.5) is 0 Å². The van der Waals surface area contributed by atoms with Crippen molar-refractivity contribution in [2.45, 2.75) is 29.2 Å². The number of aliphatic carboxylic acids is 1. The zero-order valence-electron chi connectivity index (χ0n) is 16.1. The van der Waals surface area contributed by atoms with E-state index in [-0.39, 0.29) is 6.42 Å². The van der Waals surface area contributed by atoms with Gasteiger partial charge in [0.2, 0.25) is 5.89 Å². The van der Waals surface area contributed by atoms with Crippen molar-refractivity contribution in [3.05, 3.63) is 77.1 Å². The fourth-order valence-corrected chi connectivity index (χ4v) is 4.52. The highest BCUT2D eigenvalue weighted by molar-refractivity contribution is 8.01.